The lowest BCUT2D eigenvalue weighted by molar-refractivity contribution is 0.415. The molecule has 0 radical (unpaired) electrons. The molecule has 0 bridgehead atoms. The van der Waals surface area contributed by atoms with Gasteiger partial charge in [-0.15, -0.1) is 0 Å². The molecule has 0 spiro atoms. The molecule has 0 aromatic heterocycles. The lowest BCUT2D eigenvalue weighted by Crippen LogP contribution is -1.83. The molecule has 0 aliphatic carbocycles. The molecular weight excluding hydrogens is 198 g/mol. The summed E-state index contributed by atoms with van der Waals surface area (Å²) in [6, 6.07) is 7.18. The first-order chi connectivity index (χ1) is 6.77. The van der Waals surface area contributed by atoms with Crippen LogP contribution < -0.4 is 4.74 Å². The summed E-state index contributed by atoms with van der Waals surface area (Å²) in [7, 11) is 1.58. The average Bonchev–Trinajstić information content (AvgIpc) is 2.20. The molecule has 0 N–H and O–H groups in total. The Balaban J connectivity index is 2.92. The topological polar surface area (TPSA) is 33.0 Å². The summed E-state index contributed by atoms with van der Waals surface area (Å²) in [5, 5.41) is 8.83. The molecule has 0 fully saturated rings. The van der Waals surface area contributed by atoms with E-state index in [1.807, 2.05) is 6.07 Å². The summed E-state index contributed by atoms with van der Waals surface area (Å²) >= 11 is 5.92. The van der Waals surface area contributed by atoms with Crippen LogP contribution in [0.5, 0.6) is 5.75 Å². The number of hydrogen-bond donors (Lipinski definition) is 0. The van der Waals surface area contributed by atoms with E-state index in [1.165, 1.54) is 0 Å². The first-order valence-corrected chi connectivity index (χ1v) is 4.35. The van der Waals surface area contributed by atoms with Crippen LogP contribution in [0, 0.1) is 23.2 Å². The van der Waals surface area contributed by atoms with Gasteiger partial charge in [0.1, 0.15) is 5.75 Å². The van der Waals surface area contributed by atoms with Crippen molar-refractivity contribution in [3.63, 3.8) is 0 Å². The number of benzene rings is 1. The molecule has 0 atom stereocenters. The predicted octanol–water partition coefficient (Wildman–Crippen LogP) is 2.61. The van der Waals surface area contributed by atoms with Crippen LogP contribution in [0.25, 0.3) is 0 Å². The fourth-order valence-electron chi connectivity index (χ4n) is 0.903. The number of nitriles is 1. The smallest absolute Gasteiger partial charge is 0.120 e. The zero-order valence-corrected chi connectivity index (χ0v) is 8.43. The minimum Gasteiger partial charge on any atom is -0.497 e. The van der Waals surface area contributed by atoms with Gasteiger partial charge in [-0.05, 0) is 18.2 Å². The number of halogens is 1. The third-order valence-corrected chi connectivity index (χ3v) is 1.88. The molecule has 0 unspecified atom stereocenters. The van der Waals surface area contributed by atoms with Crippen molar-refractivity contribution >= 4 is 11.6 Å². The highest BCUT2D eigenvalue weighted by Gasteiger charge is 1.98. The monoisotopic (exact) mass is 205 g/mol. The van der Waals surface area contributed by atoms with Gasteiger partial charge in [-0.25, -0.2) is 0 Å². The van der Waals surface area contributed by atoms with Crippen molar-refractivity contribution in [2.75, 3.05) is 7.11 Å². The second kappa shape index (κ2) is 5.17. The standard InChI is InChI=1S/C11H8ClNO/c1-14-10-6-5-9(11(12)8-10)4-2-3-7-13/h5-6,8H,3H2,1H3. The molecule has 0 saturated carbocycles. The lowest BCUT2D eigenvalue weighted by Gasteiger charge is -2.00. The van der Waals surface area contributed by atoms with E-state index in [2.05, 4.69) is 11.8 Å². The van der Waals surface area contributed by atoms with Crippen molar-refractivity contribution < 1.29 is 4.74 Å². The molecule has 0 aliphatic rings. The highest BCUT2D eigenvalue weighted by atomic mass is 35.5. The van der Waals surface area contributed by atoms with Gasteiger partial charge in [-0.1, -0.05) is 23.4 Å². The SMILES string of the molecule is COc1ccc(C#CCC#N)c(Cl)c1. The number of methoxy groups -OCH3 is 1. The molecule has 1 rings (SSSR count). The van der Waals surface area contributed by atoms with Gasteiger partial charge in [-0.3, -0.25) is 0 Å². The highest BCUT2D eigenvalue weighted by molar-refractivity contribution is 6.31. The number of rotatable bonds is 1. The van der Waals surface area contributed by atoms with Crippen LogP contribution in [0.2, 0.25) is 5.02 Å². The highest BCUT2D eigenvalue weighted by Crippen LogP contribution is 2.21. The Morgan fingerprint density at radius 2 is 2.29 bits per heavy atom. The van der Waals surface area contributed by atoms with E-state index in [4.69, 9.17) is 21.6 Å². The second-order valence-corrected chi connectivity index (χ2v) is 2.89. The van der Waals surface area contributed by atoms with Gasteiger partial charge in [0.15, 0.2) is 0 Å². The number of nitrogens with zero attached hydrogens (tertiary/aromatic N) is 1. The van der Waals surface area contributed by atoms with Gasteiger partial charge in [0.25, 0.3) is 0 Å². The van der Waals surface area contributed by atoms with E-state index >= 15 is 0 Å². The molecule has 0 saturated heterocycles. The van der Waals surface area contributed by atoms with Crippen molar-refractivity contribution in [2.45, 2.75) is 6.42 Å². The first kappa shape index (κ1) is 10.4. The van der Waals surface area contributed by atoms with Gasteiger partial charge in [0.2, 0.25) is 0 Å². The molecule has 14 heavy (non-hydrogen) atoms. The summed E-state index contributed by atoms with van der Waals surface area (Å²) < 4.78 is 4.99. The number of ether oxygens (including phenoxy) is 1. The third kappa shape index (κ3) is 2.69. The summed E-state index contributed by atoms with van der Waals surface area (Å²) in [4.78, 5) is 0. The molecule has 1 aromatic carbocycles. The molecule has 70 valence electrons. The Hall–Kier alpha value is -1.64. The molecular formula is C11H8ClNO. The fraction of sp³-hybridized carbons (Fsp3) is 0.182. The minimum atomic E-state index is 0.211. The van der Waals surface area contributed by atoms with Crippen LogP contribution in [0.1, 0.15) is 12.0 Å². The maximum Gasteiger partial charge on any atom is 0.120 e. The molecule has 0 amide bonds. The Morgan fingerprint density at radius 3 is 2.86 bits per heavy atom. The minimum absolute atomic E-state index is 0.211. The Morgan fingerprint density at radius 1 is 1.50 bits per heavy atom. The maximum atomic E-state index is 8.29. The summed E-state index contributed by atoms with van der Waals surface area (Å²) in [6.45, 7) is 0. The largest absolute Gasteiger partial charge is 0.497 e. The molecule has 0 aliphatic heterocycles. The molecule has 1 aromatic rings. The van der Waals surface area contributed by atoms with Gasteiger partial charge in [-0.2, -0.15) is 5.26 Å². The van der Waals surface area contributed by atoms with E-state index in [0.29, 0.717) is 16.3 Å². The zero-order valence-electron chi connectivity index (χ0n) is 7.67. The van der Waals surface area contributed by atoms with Crippen LogP contribution in [0.3, 0.4) is 0 Å². The first-order valence-electron chi connectivity index (χ1n) is 3.97. The predicted molar refractivity (Wildman–Crippen MR) is 55.1 cm³/mol. The summed E-state index contributed by atoms with van der Waals surface area (Å²) in [5.41, 5.74) is 0.711. The van der Waals surface area contributed by atoms with E-state index in [0.717, 1.165) is 0 Å². The summed E-state index contributed by atoms with van der Waals surface area (Å²) in [6.07, 6.45) is 0.211. The van der Waals surface area contributed by atoms with E-state index < -0.39 is 0 Å². The molecule has 3 heteroatoms. The van der Waals surface area contributed by atoms with Gasteiger partial charge >= 0.3 is 0 Å². The molecule has 0 heterocycles. The second-order valence-electron chi connectivity index (χ2n) is 2.48. The van der Waals surface area contributed by atoms with Crippen molar-refractivity contribution in [1.29, 1.82) is 5.26 Å². The average molecular weight is 206 g/mol. The van der Waals surface area contributed by atoms with Crippen molar-refractivity contribution in [2.24, 2.45) is 0 Å². The fourth-order valence-corrected chi connectivity index (χ4v) is 1.12. The third-order valence-electron chi connectivity index (χ3n) is 1.57. The Labute approximate surface area is 88.1 Å². The lowest BCUT2D eigenvalue weighted by atomic mass is 10.2. The Kier molecular flexibility index (Phi) is 3.85. The van der Waals surface area contributed by atoms with Crippen molar-refractivity contribution in [1.82, 2.24) is 0 Å². The van der Waals surface area contributed by atoms with Gasteiger partial charge in [0.05, 0.1) is 24.6 Å². The van der Waals surface area contributed by atoms with Crippen LogP contribution in [-0.2, 0) is 0 Å². The van der Waals surface area contributed by atoms with E-state index in [1.54, 1.807) is 25.3 Å². The zero-order chi connectivity index (χ0) is 10.4. The maximum absolute atomic E-state index is 8.29. The van der Waals surface area contributed by atoms with Crippen LogP contribution >= 0.6 is 11.6 Å². The van der Waals surface area contributed by atoms with Crippen molar-refractivity contribution in [3.05, 3.63) is 28.8 Å². The van der Waals surface area contributed by atoms with E-state index in [9.17, 15) is 0 Å². The van der Waals surface area contributed by atoms with Gasteiger partial charge in [0, 0.05) is 5.56 Å². The van der Waals surface area contributed by atoms with E-state index in [-0.39, 0.29) is 6.42 Å². The normalized spacial score (nSPS) is 8.36. The van der Waals surface area contributed by atoms with Crippen LogP contribution in [-0.4, -0.2) is 7.11 Å². The van der Waals surface area contributed by atoms with Crippen LogP contribution in [0.15, 0.2) is 18.2 Å². The van der Waals surface area contributed by atoms with Crippen molar-refractivity contribution in [3.8, 4) is 23.7 Å². The summed E-state index contributed by atoms with van der Waals surface area (Å²) in [5.74, 6) is 6.19. The van der Waals surface area contributed by atoms with Gasteiger partial charge < -0.3 is 4.74 Å². The Bertz CT molecular complexity index is 423. The van der Waals surface area contributed by atoms with Crippen LogP contribution in [0.4, 0.5) is 0 Å². The number of hydrogen-bond acceptors (Lipinski definition) is 2. The quantitative estimate of drug-likeness (QED) is 0.661. The molecule has 2 nitrogen and oxygen atoms in total.